The summed E-state index contributed by atoms with van der Waals surface area (Å²) in [5, 5.41) is -0.160. The lowest BCUT2D eigenvalue weighted by Gasteiger charge is -2.19. The summed E-state index contributed by atoms with van der Waals surface area (Å²) < 4.78 is 33.1. The third-order valence-corrected chi connectivity index (χ3v) is 5.45. The van der Waals surface area contributed by atoms with Crippen LogP contribution in [0.5, 0.6) is 0 Å². The van der Waals surface area contributed by atoms with Crippen LogP contribution in [0.2, 0.25) is 0 Å². The van der Waals surface area contributed by atoms with E-state index >= 15 is 0 Å². The lowest BCUT2D eigenvalue weighted by atomic mass is 10.1. The smallest absolute Gasteiger partial charge is 0.289 e. The van der Waals surface area contributed by atoms with E-state index < -0.39 is 11.6 Å². The van der Waals surface area contributed by atoms with Crippen molar-refractivity contribution in [1.82, 2.24) is 4.90 Å². The maximum absolute atomic E-state index is 13.9. The Morgan fingerprint density at radius 2 is 2.09 bits per heavy atom. The Hall–Kier alpha value is -1.34. The molecule has 0 radical (unpaired) electrons. The highest BCUT2D eigenvalue weighted by molar-refractivity contribution is 9.10. The maximum atomic E-state index is 13.9. The average Bonchev–Trinajstić information content (AvgIpc) is 2.82. The second-order valence-corrected chi connectivity index (χ2v) is 7.30. The summed E-state index contributed by atoms with van der Waals surface area (Å²) in [7, 11) is 0. The zero-order chi connectivity index (χ0) is 16.4. The van der Waals surface area contributed by atoms with Crippen molar-refractivity contribution >= 4 is 33.6 Å². The fourth-order valence-electron chi connectivity index (χ4n) is 2.57. The molecule has 0 bridgehead atoms. The number of hydrogen-bond acceptors (Lipinski definition) is 3. The maximum Gasteiger partial charge on any atom is 0.289 e. The largest absolute Gasteiger partial charge is 0.444 e. The number of carbonyl (C=O) groups excluding carboxylic acids is 1. The molecule has 0 aliphatic carbocycles. The molecule has 7 heteroatoms. The van der Waals surface area contributed by atoms with Gasteiger partial charge in [0.1, 0.15) is 11.6 Å². The van der Waals surface area contributed by atoms with Gasteiger partial charge in [0.25, 0.3) is 5.91 Å². The van der Waals surface area contributed by atoms with E-state index in [1.54, 1.807) is 28.8 Å². The van der Waals surface area contributed by atoms with Crippen molar-refractivity contribution in [2.24, 2.45) is 0 Å². The van der Waals surface area contributed by atoms with E-state index in [1.807, 2.05) is 0 Å². The van der Waals surface area contributed by atoms with Crippen LogP contribution in [0.4, 0.5) is 8.78 Å². The highest BCUT2D eigenvalue weighted by atomic mass is 79.9. The first-order valence-electron chi connectivity index (χ1n) is 7.16. The van der Waals surface area contributed by atoms with Gasteiger partial charge in [-0.15, -0.1) is 0 Å². The molecule has 1 aromatic heterocycles. The topological polar surface area (TPSA) is 33.5 Å². The zero-order valence-electron chi connectivity index (χ0n) is 12.1. The van der Waals surface area contributed by atoms with Gasteiger partial charge in [0.15, 0.2) is 10.4 Å². The highest BCUT2D eigenvalue weighted by Crippen LogP contribution is 2.36. The van der Waals surface area contributed by atoms with E-state index in [2.05, 4.69) is 15.9 Å². The van der Waals surface area contributed by atoms with Crippen LogP contribution in [0.1, 0.15) is 27.8 Å². The summed E-state index contributed by atoms with van der Waals surface area (Å²) in [6.07, 6.45) is 0.568. The van der Waals surface area contributed by atoms with Crippen LogP contribution in [-0.2, 0) is 0 Å². The molecule has 0 spiro atoms. The number of hydrogen-bond donors (Lipinski definition) is 0. The van der Waals surface area contributed by atoms with E-state index in [9.17, 15) is 13.6 Å². The number of carbonyl (C=O) groups is 1. The van der Waals surface area contributed by atoms with E-state index in [0.717, 1.165) is 12.1 Å². The van der Waals surface area contributed by atoms with Crippen LogP contribution < -0.4 is 0 Å². The van der Waals surface area contributed by atoms with Crippen LogP contribution >= 0.6 is 27.7 Å². The minimum atomic E-state index is -0.445. The number of thioether (sulfide) groups is 1. The number of furan rings is 1. The minimum absolute atomic E-state index is 0.160. The van der Waals surface area contributed by atoms with Gasteiger partial charge in [-0.3, -0.25) is 4.79 Å². The number of halogens is 3. The van der Waals surface area contributed by atoms with Gasteiger partial charge < -0.3 is 9.32 Å². The Bertz CT molecular complexity index is 722. The lowest BCUT2D eigenvalue weighted by molar-refractivity contribution is 0.0733. The predicted octanol–water partition coefficient (Wildman–Crippen LogP) is 4.64. The zero-order valence-corrected chi connectivity index (χ0v) is 14.5. The average molecular weight is 402 g/mol. The Morgan fingerprint density at radius 3 is 2.83 bits per heavy atom. The van der Waals surface area contributed by atoms with Crippen LogP contribution in [0.3, 0.4) is 0 Å². The summed E-state index contributed by atoms with van der Waals surface area (Å²) in [5.41, 5.74) is 0.366. The number of nitrogens with zero attached hydrogens (tertiary/aromatic N) is 1. The molecule has 23 heavy (non-hydrogen) atoms. The monoisotopic (exact) mass is 401 g/mol. The molecule has 1 amide bonds. The van der Waals surface area contributed by atoms with Crippen molar-refractivity contribution in [3.05, 3.63) is 58.0 Å². The normalized spacial score (nSPS) is 18.7. The highest BCUT2D eigenvalue weighted by Gasteiger charge is 2.26. The minimum Gasteiger partial charge on any atom is -0.444 e. The Balaban J connectivity index is 1.72. The molecule has 2 heterocycles. The first-order chi connectivity index (χ1) is 11.0. The van der Waals surface area contributed by atoms with Gasteiger partial charge in [-0.1, -0.05) is 0 Å². The standard InChI is InChI=1S/C16H14BrF2NO2S/c17-15-4-3-13(22-15)16(21)20-6-5-14(23-8-7-20)11-9-10(18)1-2-12(11)19/h1-4,9,14H,5-8H2. The van der Waals surface area contributed by atoms with Gasteiger partial charge in [-0.2, -0.15) is 11.8 Å². The molecule has 1 aromatic carbocycles. The van der Waals surface area contributed by atoms with Gasteiger partial charge in [0.2, 0.25) is 0 Å². The number of amides is 1. The SMILES string of the molecule is O=C(c1ccc(Br)o1)N1CCSC(c2cc(F)ccc2F)CC1. The fraction of sp³-hybridized carbons (Fsp3) is 0.312. The predicted molar refractivity (Wildman–Crippen MR) is 88.5 cm³/mol. The van der Waals surface area contributed by atoms with Crippen molar-refractivity contribution in [3.8, 4) is 0 Å². The van der Waals surface area contributed by atoms with Gasteiger partial charge >= 0.3 is 0 Å². The Kier molecular flexibility index (Phi) is 5.06. The quantitative estimate of drug-likeness (QED) is 0.734. The van der Waals surface area contributed by atoms with Crippen LogP contribution in [-0.4, -0.2) is 29.6 Å². The molecule has 1 unspecified atom stereocenters. The van der Waals surface area contributed by atoms with E-state index in [1.165, 1.54) is 6.07 Å². The fourth-order valence-corrected chi connectivity index (χ4v) is 4.12. The van der Waals surface area contributed by atoms with Gasteiger partial charge in [0, 0.05) is 29.7 Å². The van der Waals surface area contributed by atoms with Crippen LogP contribution in [0.15, 0.2) is 39.4 Å². The van der Waals surface area contributed by atoms with Crippen molar-refractivity contribution in [2.45, 2.75) is 11.7 Å². The molecule has 1 aliphatic heterocycles. The first-order valence-corrected chi connectivity index (χ1v) is 9.00. The Labute approximate surface area is 145 Å². The second kappa shape index (κ2) is 7.05. The summed E-state index contributed by atoms with van der Waals surface area (Å²) in [4.78, 5) is 14.1. The second-order valence-electron chi connectivity index (χ2n) is 5.21. The number of rotatable bonds is 2. The molecule has 2 aromatic rings. The molecule has 0 N–H and O–H groups in total. The van der Waals surface area contributed by atoms with Crippen molar-refractivity contribution in [1.29, 1.82) is 0 Å². The van der Waals surface area contributed by atoms with E-state index in [0.29, 0.717) is 35.5 Å². The van der Waals surface area contributed by atoms with Crippen LogP contribution in [0, 0.1) is 11.6 Å². The molecule has 0 saturated carbocycles. The third-order valence-electron chi connectivity index (χ3n) is 3.72. The third kappa shape index (κ3) is 3.77. The molecule has 1 fully saturated rings. The van der Waals surface area contributed by atoms with Crippen molar-refractivity contribution < 1.29 is 18.0 Å². The van der Waals surface area contributed by atoms with E-state index in [4.69, 9.17) is 4.42 Å². The van der Waals surface area contributed by atoms with Gasteiger partial charge in [-0.05, 0) is 52.7 Å². The van der Waals surface area contributed by atoms with Crippen molar-refractivity contribution in [3.63, 3.8) is 0 Å². The molecule has 3 rings (SSSR count). The van der Waals surface area contributed by atoms with Crippen LogP contribution in [0.25, 0.3) is 0 Å². The number of benzene rings is 1. The summed E-state index contributed by atoms with van der Waals surface area (Å²) in [6, 6.07) is 6.80. The van der Waals surface area contributed by atoms with E-state index in [-0.39, 0.29) is 16.9 Å². The van der Waals surface area contributed by atoms with Gasteiger partial charge in [-0.25, -0.2) is 8.78 Å². The summed E-state index contributed by atoms with van der Waals surface area (Å²) in [5.74, 6) is -0.0963. The van der Waals surface area contributed by atoms with Gasteiger partial charge in [0.05, 0.1) is 0 Å². The summed E-state index contributed by atoms with van der Waals surface area (Å²) in [6.45, 7) is 1.03. The summed E-state index contributed by atoms with van der Waals surface area (Å²) >= 11 is 4.72. The molecule has 1 saturated heterocycles. The molecule has 1 atom stereocenters. The molecule has 1 aliphatic rings. The first kappa shape index (κ1) is 16.5. The molecular weight excluding hydrogens is 388 g/mol. The lowest BCUT2D eigenvalue weighted by Crippen LogP contribution is -2.32. The Morgan fingerprint density at radius 1 is 1.26 bits per heavy atom. The molecule has 122 valence electrons. The molecule has 3 nitrogen and oxygen atoms in total. The molecular formula is C16H14BrF2NO2S. The van der Waals surface area contributed by atoms with Crippen molar-refractivity contribution in [2.75, 3.05) is 18.8 Å².